The Bertz CT molecular complexity index is 1130. The topological polar surface area (TPSA) is 98.8 Å². The lowest BCUT2D eigenvalue weighted by molar-refractivity contribution is -0.117. The fraction of sp³-hybridized carbons (Fsp3) is 0.467. The minimum atomic E-state index is -0.328. The van der Waals surface area contributed by atoms with Crippen LogP contribution in [0.15, 0.2) is 36.4 Å². The summed E-state index contributed by atoms with van der Waals surface area (Å²) in [6.45, 7) is 5.32. The van der Waals surface area contributed by atoms with E-state index >= 15 is 0 Å². The molecule has 2 amide bonds. The lowest BCUT2D eigenvalue weighted by Gasteiger charge is -2.27. The van der Waals surface area contributed by atoms with Crippen LogP contribution in [0.1, 0.15) is 83.2 Å². The van der Waals surface area contributed by atoms with Crippen LogP contribution < -0.4 is 10.6 Å². The summed E-state index contributed by atoms with van der Waals surface area (Å²) in [6, 6.07) is 9.94. The average molecular weight is 517 g/mol. The van der Waals surface area contributed by atoms with Gasteiger partial charge in [0, 0.05) is 37.1 Å². The third-order valence-corrected chi connectivity index (χ3v) is 7.83. The SMILES string of the molecule is O=C(CCN1CCCCC1)Nc1ccc(NC(=O)CCN2CCCCC2)c2c1C(=O)c1ccccc1C2=O. The number of carbonyl (C=O) groups excluding carboxylic acids is 4. The minimum Gasteiger partial charge on any atom is -0.325 e. The molecule has 38 heavy (non-hydrogen) atoms. The molecular weight excluding hydrogens is 480 g/mol. The molecule has 200 valence electrons. The average Bonchev–Trinajstić information content (AvgIpc) is 2.95. The number of piperidine rings is 2. The number of ketones is 2. The molecule has 0 unspecified atom stereocenters. The number of likely N-dealkylation sites (tertiary alicyclic amines) is 2. The van der Waals surface area contributed by atoms with E-state index in [-0.39, 0.29) is 34.5 Å². The second-order valence-electron chi connectivity index (χ2n) is 10.5. The molecule has 0 spiro atoms. The van der Waals surface area contributed by atoms with Crippen LogP contribution in [0.2, 0.25) is 0 Å². The van der Waals surface area contributed by atoms with Crippen molar-refractivity contribution in [2.24, 2.45) is 0 Å². The second kappa shape index (κ2) is 12.0. The number of anilines is 2. The van der Waals surface area contributed by atoms with Gasteiger partial charge in [-0.05, 0) is 64.0 Å². The van der Waals surface area contributed by atoms with Crippen molar-refractivity contribution >= 4 is 34.8 Å². The van der Waals surface area contributed by atoms with E-state index in [1.54, 1.807) is 36.4 Å². The Morgan fingerprint density at radius 3 is 1.39 bits per heavy atom. The van der Waals surface area contributed by atoms with E-state index in [1.165, 1.54) is 12.8 Å². The Hall–Kier alpha value is -3.36. The van der Waals surface area contributed by atoms with E-state index in [2.05, 4.69) is 20.4 Å². The molecular formula is C30H36N4O4. The second-order valence-corrected chi connectivity index (χ2v) is 10.5. The molecule has 2 aromatic rings. The van der Waals surface area contributed by atoms with E-state index in [4.69, 9.17) is 0 Å². The molecule has 0 aromatic heterocycles. The van der Waals surface area contributed by atoms with Gasteiger partial charge in [-0.25, -0.2) is 0 Å². The fourth-order valence-corrected chi connectivity index (χ4v) is 5.74. The molecule has 3 aliphatic rings. The lowest BCUT2D eigenvalue weighted by atomic mass is 9.82. The lowest BCUT2D eigenvalue weighted by Crippen LogP contribution is -2.33. The van der Waals surface area contributed by atoms with Crippen molar-refractivity contribution in [3.63, 3.8) is 0 Å². The van der Waals surface area contributed by atoms with Gasteiger partial charge in [0.15, 0.2) is 11.6 Å². The number of rotatable bonds is 8. The first-order valence-corrected chi connectivity index (χ1v) is 13.9. The predicted molar refractivity (Wildman–Crippen MR) is 147 cm³/mol. The maximum absolute atomic E-state index is 13.6. The first-order chi connectivity index (χ1) is 18.5. The van der Waals surface area contributed by atoms with E-state index < -0.39 is 0 Å². The zero-order chi connectivity index (χ0) is 26.5. The normalized spacial score (nSPS) is 18.0. The summed E-state index contributed by atoms with van der Waals surface area (Å²) in [4.78, 5) is 57.5. The van der Waals surface area contributed by atoms with Crippen molar-refractivity contribution in [3.05, 3.63) is 58.7 Å². The van der Waals surface area contributed by atoms with Gasteiger partial charge < -0.3 is 20.4 Å². The Balaban J connectivity index is 1.36. The molecule has 0 radical (unpaired) electrons. The van der Waals surface area contributed by atoms with E-state index in [1.807, 2.05) is 0 Å². The molecule has 2 saturated heterocycles. The molecule has 2 heterocycles. The van der Waals surface area contributed by atoms with E-state index in [0.717, 1.165) is 51.9 Å². The van der Waals surface area contributed by atoms with Crippen LogP contribution >= 0.6 is 0 Å². The zero-order valence-electron chi connectivity index (χ0n) is 21.9. The summed E-state index contributed by atoms with van der Waals surface area (Å²) in [7, 11) is 0. The summed E-state index contributed by atoms with van der Waals surface area (Å²) < 4.78 is 0. The number of amides is 2. The molecule has 2 aromatic carbocycles. The van der Waals surface area contributed by atoms with Crippen LogP contribution in [0.4, 0.5) is 11.4 Å². The highest BCUT2D eigenvalue weighted by molar-refractivity contribution is 6.32. The zero-order valence-corrected chi connectivity index (χ0v) is 21.9. The monoisotopic (exact) mass is 516 g/mol. The third-order valence-electron chi connectivity index (χ3n) is 7.83. The van der Waals surface area contributed by atoms with Crippen LogP contribution in [0.25, 0.3) is 0 Å². The third kappa shape index (κ3) is 5.87. The van der Waals surface area contributed by atoms with Crippen LogP contribution in [0.3, 0.4) is 0 Å². The quantitative estimate of drug-likeness (QED) is 0.468. The molecule has 0 saturated carbocycles. The first-order valence-electron chi connectivity index (χ1n) is 13.9. The van der Waals surface area contributed by atoms with Gasteiger partial charge >= 0.3 is 0 Å². The van der Waals surface area contributed by atoms with Gasteiger partial charge in [0.2, 0.25) is 11.8 Å². The highest BCUT2D eigenvalue weighted by atomic mass is 16.2. The number of nitrogens with zero attached hydrogens (tertiary/aromatic N) is 2. The predicted octanol–water partition coefficient (Wildman–Crippen LogP) is 4.09. The maximum Gasteiger partial charge on any atom is 0.225 e. The van der Waals surface area contributed by atoms with Gasteiger partial charge in [-0.3, -0.25) is 19.2 Å². The number of hydrogen-bond acceptors (Lipinski definition) is 6. The van der Waals surface area contributed by atoms with Crippen LogP contribution in [0, 0.1) is 0 Å². The molecule has 2 N–H and O–H groups in total. The summed E-state index contributed by atoms with van der Waals surface area (Å²) in [5.41, 5.74) is 1.53. The van der Waals surface area contributed by atoms with Crippen LogP contribution in [0.5, 0.6) is 0 Å². The Labute approximate surface area is 223 Å². The summed E-state index contributed by atoms with van der Waals surface area (Å²) in [5.74, 6) is -1.05. The van der Waals surface area contributed by atoms with Gasteiger partial charge in [0.1, 0.15) is 0 Å². The summed E-state index contributed by atoms with van der Waals surface area (Å²) in [6.07, 6.45) is 7.67. The van der Waals surface area contributed by atoms with E-state index in [9.17, 15) is 19.2 Å². The number of nitrogens with one attached hydrogen (secondary N) is 2. The summed E-state index contributed by atoms with van der Waals surface area (Å²) >= 11 is 0. The van der Waals surface area contributed by atoms with Crippen molar-refractivity contribution < 1.29 is 19.2 Å². The van der Waals surface area contributed by atoms with Gasteiger partial charge in [0.25, 0.3) is 0 Å². The van der Waals surface area contributed by atoms with Crippen molar-refractivity contribution in [2.45, 2.75) is 51.4 Å². The van der Waals surface area contributed by atoms with Crippen LogP contribution in [-0.2, 0) is 9.59 Å². The largest absolute Gasteiger partial charge is 0.325 e. The molecule has 2 fully saturated rings. The minimum absolute atomic E-state index is 0.147. The maximum atomic E-state index is 13.6. The van der Waals surface area contributed by atoms with Gasteiger partial charge in [-0.2, -0.15) is 0 Å². The van der Waals surface area contributed by atoms with Crippen molar-refractivity contribution in [1.82, 2.24) is 9.80 Å². The standard InChI is InChI=1S/C30H36N4O4/c35-25(13-19-33-15-5-1-6-16-33)31-23-11-12-24(32-26(36)14-20-34-17-7-2-8-18-34)28-27(23)29(37)21-9-3-4-10-22(21)30(28)38/h3-4,9-12H,1-2,5-8,13-20H2,(H,31,35)(H,32,36). The molecule has 5 rings (SSSR count). The first kappa shape index (κ1) is 26.3. The Morgan fingerprint density at radius 1 is 0.605 bits per heavy atom. The van der Waals surface area contributed by atoms with Crippen molar-refractivity contribution in [3.8, 4) is 0 Å². The number of hydrogen-bond donors (Lipinski definition) is 2. The smallest absolute Gasteiger partial charge is 0.225 e. The Kier molecular flexibility index (Phi) is 8.29. The highest BCUT2D eigenvalue weighted by Gasteiger charge is 2.34. The van der Waals surface area contributed by atoms with Crippen molar-refractivity contribution in [1.29, 1.82) is 0 Å². The molecule has 0 atom stereocenters. The fourth-order valence-electron chi connectivity index (χ4n) is 5.74. The molecule has 2 aliphatic heterocycles. The van der Waals surface area contributed by atoms with E-state index in [0.29, 0.717) is 48.4 Å². The van der Waals surface area contributed by atoms with Gasteiger partial charge in [-0.15, -0.1) is 0 Å². The molecule has 8 nitrogen and oxygen atoms in total. The Morgan fingerprint density at radius 2 is 1.00 bits per heavy atom. The summed E-state index contributed by atoms with van der Waals surface area (Å²) in [5, 5.41) is 5.76. The van der Waals surface area contributed by atoms with Gasteiger partial charge in [-0.1, -0.05) is 37.1 Å². The molecule has 8 heteroatoms. The highest BCUT2D eigenvalue weighted by Crippen LogP contribution is 2.36. The number of benzene rings is 2. The van der Waals surface area contributed by atoms with Crippen molar-refractivity contribution in [2.75, 3.05) is 49.9 Å². The number of fused-ring (bicyclic) bond motifs is 2. The number of carbonyl (C=O) groups is 4. The van der Waals surface area contributed by atoms with Crippen LogP contribution in [-0.4, -0.2) is 72.4 Å². The molecule has 0 bridgehead atoms. The van der Waals surface area contributed by atoms with Gasteiger partial charge in [0.05, 0.1) is 22.5 Å². The molecule has 1 aliphatic carbocycles.